The number of amides is 1. The van der Waals surface area contributed by atoms with E-state index in [1.807, 2.05) is 18.2 Å². The van der Waals surface area contributed by atoms with Crippen LogP contribution in [0.2, 0.25) is 0 Å². The summed E-state index contributed by atoms with van der Waals surface area (Å²) in [6.45, 7) is 4.07. The van der Waals surface area contributed by atoms with Gasteiger partial charge in [-0.15, -0.1) is 0 Å². The number of hydrogen-bond donors (Lipinski definition) is 6. The molecule has 1 aliphatic heterocycles. The highest BCUT2D eigenvalue weighted by molar-refractivity contribution is 5.76. The normalized spacial score (nSPS) is 20.4. The van der Waals surface area contributed by atoms with Gasteiger partial charge in [0.25, 0.3) is 0 Å². The van der Waals surface area contributed by atoms with Gasteiger partial charge in [0.1, 0.15) is 24.4 Å². The monoisotopic (exact) mass is 928 g/mol. The van der Waals surface area contributed by atoms with Crippen molar-refractivity contribution in [2.24, 2.45) is 0 Å². The number of unbranched alkanes of at least 4 members (excludes halogenated alkanes) is 16. The number of hydrogen-bond acceptors (Lipinski definition) is 10. The molecule has 11 heteroatoms. The third-order valence-corrected chi connectivity index (χ3v) is 11.4. The summed E-state index contributed by atoms with van der Waals surface area (Å²) in [7, 11) is 0. The Balaban J connectivity index is 2.25. The van der Waals surface area contributed by atoms with E-state index in [2.05, 4.69) is 79.9 Å². The maximum Gasteiger partial charge on any atom is 0.305 e. The van der Waals surface area contributed by atoms with Gasteiger partial charge in [-0.3, -0.25) is 9.59 Å². The summed E-state index contributed by atoms with van der Waals surface area (Å²) >= 11 is 0. The van der Waals surface area contributed by atoms with Crippen molar-refractivity contribution in [3.8, 4) is 0 Å². The molecule has 66 heavy (non-hydrogen) atoms. The van der Waals surface area contributed by atoms with E-state index in [1.165, 1.54) is 57.8 Å². The molecular weight excluding hydrogens is 835 g/mol. The summed E-state index contributed by atoms with van der Waals surface area (Å²) in [5.41, 5.74) is 0. The zero-order valence-electron chi connectivity index (χ0n) is 41.1. The smallest absolute Gasteiger partial charge is 0.305 e. The summed E-state index contributed by atoms with van der Waals surface area (Å²) in [6.07, 6.45) is 48.2. The molecule has 0 bridgehead atoms. The minimum absolute atomic E-state index is 0.0583. The molecule has 7 atom stereocenters. The molecular formula is C55H93NO10. The van der Waals surface area contributed by atoms with Crippen LogP contribution in [-0.4, -0.2) is 100 Å². The average Bonchev–Trinajstić information content (AvgIpc) is 3.31. The topological polar surface area (TPSA) is 175 Å². The zero-order valence-corrected chi connectivity index (χ0v) is 41.1. The molecule has 6 N–H and O–H groups in total. The van der Waals surface area contributed by atoms with Gasteiger partial charge in [0, 0.05) is 12.8 Å². The number of aliphatic hydroxyl groups is 5. The highest BCUT2D eigenvalue weighted by Crippen LogP contribution is 2.22. The number of allylic oxidation sites excluding steroid dienone is 13. The number of esters is 1. The molecule has 0 aromatic rings. The summed E-state index contributed by atoms with van der Waals surface area (Å²) in [5, 5.41) is 54.1. The number of carbonyl (C=O) groups is 2. The van der Waals surface area contributed by atoms with Crippen LogP contribution < -0.4 is 5.32 Å². The van der Waals surface area contributed by atoms with Gasteiger partial charge < -0.3 is 45.1 Å². The summed E-state index contributed by atoms with van der Waals surface area (Å²) in [5.74, 6) is -0.341. The number of ether oxygens (including phenoxy) is 3. The third kappa shape index (κ3) is 34.2. The second-order valence-corrected chi connectivity index (χ2v) is 17.5. The van der Waals surface area contributed by atoms with Crippen molar-refractivity contribution in [2.75, 3.05) is 19.8 Å². The SMILES string of the molecule is CCC/C=C\C/C=C\CCCCCCCC(=O)OCCCCCCCC/C=C\C/C=C\CCC(=O)NC(COC1OC(CO)C(O)C(O)C1O)C(O)/C=C/CC/C=C/CC/C=C/CCCC. The average molecular weight is 928 g/mol. The van der Waals surface area contributed by atoms with Crippen molar-refractivity contribution in [1.29, 1.82) is 0 Å². The predicted molar refractivity (Wildman–Crippen MR) is 269 cm³/mol. The number of rotatable bonds is 42. The Morgan fingerprint density at radius 2 is 1.08 bits per heavy atom. The Morgan fingerprint density at radius 3 is 1.68 bits per heavy atom. The van der Waals surface area contributed by atoms with Crippen LogP contribution in [0.3, 0.4) is 0 Å². The lowest BCUT2D eigenvalue weighted by Gasteiger charge is -2.40. The molecule has 7 unspecified atom stereocenters. The molecule has 1 amide bonds. The fraction of sp³-hybridized carbons (Fsp3) is 0.709. The zero-order chi connectivity index (χ0) is 48.1. The van der Waals surface area contributed by atoms with Crippen LogP contribution in [0.4, 0.5) is 0 Å². The molecule has 1 saturated heterocycles. The van der Waals surface area contributed by atoms with Crippen molar-refractivity contribution in [2.45, 2.75) is 230 Å². The first-order valence-electron chi connectivity index (χ1n) is 25.9. The Kier molecular flexibility index (Phi) is 40.9. The molecule has 0 aromatic carbocycles. The van der Waals surface area contributed by atoms with E-state index in [-0.39, 0.29) is 24.9 Å². The van der Waals surface area contributed by atoms with Gasteiger partial charge in [0.15, 0.2) is 6.29 Å². The summed E-state index contributed by atoms with van der Waals surface area (Å²) in [6, 6.07) is -0.881. The van der Waals surface area contributed by atoms with Crippen LogP contribution in [-0.2, 0) is 23.8 Å². The van der Waals surface area contributed by atoms with E-state index in [1.54, 1.807) is 6.08 Å². The van der Waals surface area contributed by atoms with Crippen LogP contribution in [0.25, 0.3) is 0 Å². The molecule has 0 radical (unpaired) electrons. The molecule has 0 spiro atoms. The predicted octanol–water partition coefficient (Wildman–Crippen LogP) is 10.7. The maximum atomic E-state index is 12.9. The highest BCUT2D eigenvalue weighted by Gasteiger charge is 2.44. The fourth-order valence-corrected chi connectivity index (χ4v) is 7.24. The van der Waals surface area contributed by atoms with E-state index < -0.39 is 49.5 Å². The summed E-state index contributed by atoms with van der Waals surface area (Å²) < 4.78 is 16.6. The van der Waals surface area contributed by atoms with Gasteiger partial charge in [-0.05, 0) is 96.3 Å². The van der Waals surface area contributed by atoms with Gasteiger partial charge in [-0.2, -0.15) is 0 Å². The van der Waals surface area contributed by atoms with E-state index in [0.717, 1.165) is 89.9 Å². The van der Waals surface area contributed by atoms with Crippen molar-refractivity contribution < 1.29 is 49.3 Å². The second kappa shape index (κ2) is 44.4. The number of carbonyl (C=O) groups excluding carboxylic acids is 2. The van der Waals surface area contributed by atoms with Gasteiger partial charge in [-0.25, -0.2) is 0 Å². The van der Waals surface area contributed by atoms with Crippen molar-refractivity contribution in [3.05, 3.63) is 85.1 Å². The van der Waals surface area contributed by atoms with E-state index in [9.17, 15) is 35.1 Å². The minimum Gasteiger partial charge on any atom is -0.466 e. The van der Waals surface area contributed by atoms with Gasteiger partial charge in [-0.1, -0.05) is 163 Å². The van der Waals surface area contributed by atoms with Crippen LogP contribution in [0.5, 0.6) is 0 Å². The van der Waals surface area contributed by atoms with Crippen molar-refractivity contribution in [1.82, 2.24) is 5.32 Å². The van der Waals surface area contributed by atoms with Crippen molar-refractivity contribution >= 4 is 11.9 Å². The lowest BCUT2D eigenvalue weighted by molar-refractivity contribution is -0.302. The second-order valence-electron chi connectivity index (χ2n) is 17.5. The third-order valence-electron chi connectivity index (χ3n) is 11.4. The van der Waals surface area contributed by atoms with Crippen molar-refractivity contribution in [3.63, 3.8) is 0 Å². The van der Waals surface area contributed by atoms with Gasteiger partial charge in [0.2, 0.25) is 5.91 Å². The molecule has 378 valence electrons. The molecule has 1 heterocycles. The van der Waals surface area contributed by atoms with Gasteiger partial charge >= 0.3 is 5.97 Å². The fourth-order valence-electron chi connectivity index (χ4n) is 7.24. The van der Waals surface area contributed by atoms with Crippen LogP contribution in [0.15, 0.2) is 85.1 Å². The number of nitrogens with one attached hydrogen (secondary N) is 1. The maximum absolute atomic E-state index is 12.9. The quantitative estimate of drug-likeness (QED) is 0.0196. The van der Waals surface area contributed by atoms with Gasteiger partial charge in [0.05, 0.1) is 32.0 Å². The Morgan fingerprint density at radius 1 is 0.561 bits per heavy atom. The van der Waals surface area contributed by atoms with E-state index in [0.29, 0.717) is 25.9 Å². The molecule has 0 saturated carbocycles. The van der Waals surface area contributed by atoms with E-state index in [4.69, 9.17) is 14.2 Å². The molecule has 11 nitrogen and oxygen atoms in total. The Bertz CT molecular complexity index is 1370. The molecule has 0 aromatic heterocycles. The Hall–Kier alpha value is -3.16. The standard InChI is InChI=1S/C55H93NO10/c1-3-5-7-9-11-13-15-18-23-27-31-35-39-43-51(60)64-44-40-36-32-28-24-20-17-19-22-26-30-34-38-42-50(59)56-47(46-65-55-54(63)53(62)52(61)49(45-57)66-55)48(58)41-37-33-29-25-21-16-14-12-10-8-6-4-2/h7,9-10,12-13,15,19,21-22,25,30,34,37,41,47-49,52-55,57-58,61-63H,3-6,8,11,14,16-18,20,23-24,26-29,31-33,35-36,38-40,42-46H2,1-2H3,(H,56,59)/b9-7-,12-10+,15-13-,22-19-,25-21+,34-30-,41-37+. The van der Waals surface area contributed by atoms with E-state index >= 15 is 0 Å². The first kappa shape index (κ1) is 60.9. The highest BCUT2D eigenvalue weighted by atomic mass is 16.7. The largest absolute Gasteiger partial charge is 0.466 e. The number of aliphatic hydroxyl groups excluding tert-OH is 5. The molecule has 0 aliphatic carbocycles. The van der Waals surface area contributed by atoms with Crippen LogP contribution in [0, 0.1) is 0 Å². The lowest BCUT2D eigenvalue weighted by Crippen LogP contribution is -2.60. The van der Waals surface area contributed by atoms with Crippen LogP contribution in [0.1, 0.15) is 187 Å². The summed E-state index contributed by atoms with van der Waals surface area (Å²) in [4.78, 5) is 25.0. The molecule has 1 fully saturated rings. The molecule has 1 aliphatic rings. The lowest BCUT2D eigenvalue weighted by atomic mass is 9.99. The minimum atomic E-state index is -1.60. The molecule has 1 rings (SSSR count). The first-order chi connectivity index (χ1) is 32.2. The Labute approximate surface area is 400 Å². The van der Waals surface area contributed by atoms with Crippen LogP contribution >= 0.6 is 0 Å². The first-order valence-corrected chi connectivity index (χ1v) is 25.9.